The summed E-state index contributed by atoms with van der Waals surface area (Å²) in [7, 11) is 1.80. The molecule has 0 saturated heterocycles. The van der Waals surface area contributed by atoms with E-state index in [4.69, 9.17) is 4.74 Å². The number of aromatic nitrogens is 2. The van der Waals surface area contributed by atoms with E-state index in [2.05, 4.69) is 31.2 Å². The summed E-state index contributed by atoms with van der Waals surface area (Å²) in [6, 6.07) is 9.74. The number of nitrogens with zero attached hydrogens (tertiary/aromatic N) is 2. The van der Waals surface area contributed by atoms with Gasteiger partial charge in [-0.15, -0.1) is 11.3 Å². The molecule has 0 aliphatic carbocycles. The second-order valence-electron chi connectivity index (χ2n) is 4.24. The fourth-order valence-electron chi connectivity index (χ4n) is 1.85. The lowest BCUT2D eigenvalue weighted by atomic mass is 10.3. The van der Waals surface area contributed by atoms with Gasteiger partial charge in [-0.3, -0.25) is 0 Å². The summed E-state index contributed by atoms with van der Waals surface area (Å²) in [6.45, 7) is 2.05. The Labute approximate surface area is 129 Å². The van der Waals surface area contributed by atoms with Crippen LogP contribution >= 0.6 is 27.3 Å². The van der Waals surface area contributed by atoms with Gasteiger partial charge in [-0.05, 0) is 31.2 Å². The lowest BCUT2D eigenvalue weighted by molar-refractivity contribution is 0.469. The molecule has 4 nitrogen and oxygen atoms in total. The number of rotatable bonds is 3. The summed E-state index contributed by atoms with van der Waals surface area (Å²) in [5, 5.41) is 3.90. The number of hydrogen-bond donors (Lipinski definition) is 1. The molecule has 0 radical (unpaired) electrons. The molecular weight excluding hydrogens is 338 g/mol. The molecule has 3 aromatic rings. The largest absolute Gasteiger partial charge is 0.438 e. The Morgan fingerprint density at radius 1 is 1.25 bits per heavy atom. The zero-order valence-corrected chi connectivity index (χ0v) is 13.4. The maximum Gasteiger partial charge on any atom is 0.232 e. The lowest BCUT2D eigenvalue weighted by Gasteiger charge is -2.07. The topological polar surface area (TPSA) is 47.0 Å². The lowest BCUT2D eigenvalue weighted by Crippen LogP contribution is -1.98. The Kier molecular flexibility index (Phi) is 3.58. The van der Waals surface area contributed by atoms with Crippen molar-refractivity contribution in [3.8, 4) is 11.6 Å². The number of thiophene rings is 1. The van der Waals surface area contributed by atoms with Gasteiger partial charge in [0.15, 0.2) is 0 Å². The van der Waals surface area contributed by atoms with Gasteiger partial charge in [0.1, 0.15) is 10.6 Å². The summed E-state index contributed by atoms with van der Waals surface area (Å²) < 4.78 is 6.88. The van der Waals surface area contributed by atoms with Crippen molar-refractivity contribution in [1.82, 2.24) is 9.97 Å². The number of ether oxygens (including phenoxy) is 1. The first-order valence-corrected chi connectivity index (χ1v) is 7.66. The van der Waals surface area contributed by atoms with E-state index in [-0.39, 0.29) is 0 Å². The van der Waals surface area contributed by atoms with Gasteiger partial charge in [0.25, 0.3) is 0 Å². The van der Waals surface area contributed by atoms with Gasteiger partial charge >= 0.3 is 0 Å². The number of benzene rings is 1. The van der Waals surface area contributed by atoms with Gasteiger partial charge in [0, 0.05) is 16.4 Å². The third-order valence-corrected chi connectivity index (χ3v) is 4.15. The first-order valence-electron chi connectivity index (χ1n) is 6.05. The third kappa shape index (κ3) is 2.62. The van der Waals surface area contributed by atoms with E-state index < -0.39 is 0 Å². The van der Waals surface area contributed by atoms with E-state index in [0.29, 0.717) is 11.8 Å². The fraction of sp³-hybridized carbons (Fsp3) is 0.143. The Morgan fingerprint density at radius 2 is 2.10 bits per heavy atom. The molecule has 3 rings (SSSR count). The number of halogens is 1. The second kappa shape index (κ2) is 5.38. The highest BCUT2D eigenvalue weighted by atomic mass is 79.9. The maximum atomic E-state index is 5.91. The molecule has 2 heterocycles. The molecule has 2 aromatic heterocycles. The molecule has 0 fully saturated rings. The van der Waals surface area contributed by atoms with E-state index in [9.17, 15) is 0 Å². The molecule has 0 amide bonds. The Bertz CT molecular complexity index is 772. The van der Waals surface area contributed by atoms with Crippen LogP contribution in [0.25, 0.3) is 10.2 Å². The monoisotopic (exact) mass is 349 g/mol. The van der Waals surface area contributed by atoms with Crippen molar-refractivity contribution < 1.29 is 4.74 Å². The van der Waals surface area contributed by atoms with Crippen LogP contribution < -0.4 is 10.1 Å². The molecule has 20 heavy (non-hydrogen) atoms. The van der Waals surface area contributed by atoms with Crippen LogP contribution in [0.1, 0.15) is 4.88 Å². The highest BCUT2D eigenvalue weighted by molar-refractivity contribution is 9.10. The van der Waals surface area contributed by atoms with Crippen molar-refractivity contribution in [2.24, 2.45) is 0 Å². The highest BCUT2D eigenvalue weighted by Crippen LogP contribution is 2.34. The van der Waals surface area contributed by atoms with Gasteiger partial charge in [0.05, 0.1) is 5.39 Å². The molecule has 0 atom stereocenters. The van der Waals surface area contributed by atoms with E-state index in [0.717, 1.165) is 20.4 Å². The molecule has 1 N–H and O–H groups in total. The Hall–Kier alpha value is -1.66. The molecule has 0 aliphatic rings. The predicted octanol–water partition coefficient (Wildman–Crippen LogP) is 4.60. The second-order valence-corrected chi connectivity index (χ2v) is 6.39. The highest BCUT2D eigenvalue weighted by Gasteiger charge is 2.12. The van der Waals surface area contributed by atoms with Crippen LogP contribution in [-0.4, -0.2) is 17.0 Å². The van der Waals surface area contributed by atoms with Crippen molar-refractivity contribution in [1.29, 1.82) is 0 Å². The van der Waals surface area contributed by atoms with Crippen molar-refractivity contribution in [2.45, 2.75) is 6.92 Å². The average Bonchev–Trinajstić information content (AvgIpc) is 2.79. The molecule has 0 saturated carbocycles. The summed E-state index contributed by atoms with van der Waals surface area (Å²) in [6.07, 6.45) is 0. The summed E-state index contributed by atoms with van der Waals surface area (Å²) in [4.78, 5) is 11.0. The number of aryl methyl sites for hydroxylation is 1. The Balaban J connectivity index is 2.09. The molecule has 0 bridgehead atoms. The fourth-order valence-corrected chi connectivity index (χ4v) is 3.10. The molecule has 102 valence electrons. The van der Waals surface area contributed by atoms with Crippen LogP contribution in [0.3, 0.4) is 0 Å². The SMILES string of the molecule is CNc1nc(Oc2cccc(Br)c2)c2cc(C)sc2n1. The number of hydrogen-bond acceptors (Lipinski definition) is 5. The first-order chi connectivity index (χ1) is 9.65. The zero-order chi connectivity index (χ0) is 14.1. The first kappa shape index (κ1) is 13.3. The minimum Gasteiger partial charge on any atom is -0.438 e. The maximum absolute atomic E-state index is 5.91. The van der Waals surface area contributed by atoms with E-state index in [1.165, 1.54) is 4.88 Å². The molecule has 6 heteroatoms. The molecule has 0 unspecified atom stereocenters. The van der Waals surface area contributed by atoms with Crippen molar-refractivity contribution in [3.05, 3.63) is 39.7 Å². The van der Waals surface area contributed by atoms with Crippen LogP contribution in [0.5, 0.6) is 11.6 Å². The molecule has 1 aromatic carbocycles. The van der Waals surface area contributed by atoms with Gasteiger partial charge in [-0.1, -0.05) is 22.0 Å². The third-order valence-electron chi connectivity index (χ3n) is 2.72. The van der Waals surface area contributed by atoms with Gasteiger partial charge in [-0.2, -0.15) is 4.98 Å². The molecular formula is C14H12BrN3OS. The van der Waals surface area contributed by atoms with E-state index in [1.54, 1.807) is 18.4 Å². The molecule has 0 spiro atoms. The van der Waals surface area contributed by atoms with Crippen LogP contribution in [0.15, 0.2) is 34.8 Å². The van der Waals surface area contributed by atoms with Crippen molar-refractivity contribution >= 4 is 43.4 Å². The summed E-state index contributed by atoms with van der Waals surface area (Å²) in [5.74, 6) is 1.87. The minimum atomic E-state index is 0.560. The van der Waals surface area contributed by atoms with Gasteiger partial charge in [0.2, 0.25) is 11.8 Å². The zero-order valence-electron chi connectivity index (χ0n) is 11.0. The van der Waals surface area contributed by atoms with Gasteiger partial charge in [-0.25, -0.2) is 4.98 Å². The molecule has 0 aliphatic heterocycles. The van der Waals surface area contributed by atoms with Crippen LogP contribution in [-0.2, 0) is 0 Å². The minimum absolute atomic E-state index is 0.560. The van der Waals surface area contributed by atoms with Crippen LogP contribution in [0.4, 0.5) is 5.95 Å². The summed E-state index contributed by atoms with van der Waals surface area (Å²) >= 11 is 5.06. The number of fused-ring (bicyclic) bond motifs is 1. The van der Waals surface area contributed by atoms with Gasteiger partial charge < -0.3 is 10.1 Å². The predicted molar refractivity (Wildman–Crippen MR) is 85.9 cm³/mol. The number of anilines is 1. The smallest absolute Gasteiger partial charge is 0.232 e. The van der Waals surface area contributed by atoms with Crippen LogP contribution in [0, 0.1) is 6.92 Å². The normalized spacial score (nSPS) is 10.8. The van der Waals surface area contributed by atoms with E-state index >= 15 is 0 Å². The summed E-state index contributed by atoms with van der Waals surface area (Å²) in [5.41, 5.74) is 0. The standard InChI is InChI=1S/C14H12BrN3OS/c1-8-6-11-12(17-14(16-2)18-13(11)20-8)19-10-5-3-4-9(15)7-10/h3-7H,1-2H3,(H,16,17,18). The Morgan fingerprint density at radius 3 is 2.85 bits per heavy atom. The van der Waals surface area contributed by atoms with Crippen LogP contribution in [0.2, 0.25) is 0 Å². The van der Waals surface area contributed by atoms with Crippen molar-refractivity contribution in [2.75, 3.05) is 12.4 Å². The quantitative estimate of drug-likeness (QED) is 0.750. The van der Waals surface area contributed by atoms with E-state index in [1.807, 2.05) is 37.3 Å². The van der Waals surface area contributed by atoms with Crippen molar-refractivity contribution in [3.63, 3.8) is 0 Å². The number of nitrogens with one attached hydrogen (secondary N) is 1. The average molecular weight is 350 g/mol.